The predicted molar refractivity (Wildman–Crippen MR) is 286 cm³/mol. The van der Waals surface area contributed by atoms with Crippen molar-refractivity contribution in [1.29, 1.82) is 0 Å². The van der Waals surface area contributed by atoms with E-state index in [1.807, 2.05) is 0 Å². The molecule has 0 aliphatic heterocycles. The summed E-state index contributed by atoms with van der Waals surface area (Å²) in [6.07, 6.45) is 0. The van der Waals surface area contributed by atoms with Gasteiger partial charge in [0.15, 0.2) is 0 Å². The monoisotopic (exact) mass is 882 g/mol. The zero-order valence-corrected chi connectivity index (χ0v) is 38.9. The molecule has 0 amide bonds. The molecule has 0 fully saturated rings. The van der Waals surface area contributed by atoms with Gasteiger partial charge in [0.05, 0.1) is 38.9 Å². The van der Waals surface area contributed by atoms with Crippen molar-refractivity contribution in [2.75, 3.05) is 0 Å². The Morgan fingerprint density at radius 2 is 0.725 bits per heavy atom. The fourth-order valence-corrected chi connectivity index (χ4v) is 11.3. The van der Waals surface area contributed by atoms with Gasteiger partial charge in [0.1, 0.15) is 0 Å². The van der Waals surface area contributed by atoms with Crippen LogP contribution in [0.1, 0.15) is 44.8 Å². The van der Waals surface area contributed by atoms with Crippen LogP contribution >= 0.6 is 0 Å². The van der Waals surface area contributed by atoms with E-state index in [4.69, 9.17) is 19.9 Å². The summed E-state index contributed by atoms with van der Waals surface area (Å²) in [5.74, 6) is 0. The zero-order valence-electron chi connectivity index (χ0n) is 38.9. The number of rotatable bonds is 6. The topological polar surface area (TPSA) is 51.6 Å². The lowest BCUT2D eigenvalue weighted by Crippen LogP contribution is -2.29. The first-order valence-corrected chi connectivity index (χ1v) is 23.8. The van der Waals surface area contributed by atoms with Crippen molar-refractivity contribution in [3.63, 3.8) is 0 Å². The van der Waals surface area contributed by atoms with E-state index in [1.165, 1.54) is 55.6 Å². The molecule has 8 aromatic carbocycles. The van der Waals surface area contributed by atoms with Gasteiger partial charge >= 0.3 is 0 Å². The van der Waals surface area contributed by atoms with Crippen LogP contribution in [0.25, 0.3) is 99.5 Å². The van der Waals surface area contributed by atoms with Gasteiger partial charge < -0.3 is 0 Å². The molecule has 0 spiro atoms. The Kier molecular flexibility index (Phi) is 9.28. The fraction of sp³-hybridized carbons (Fsp3) is 0.0769. The fourth-order valence-electron chi connectivity index (χ4n) is 11.3. The third kappa shape index (κ3) is 6.51. The van der Waals surface area contributed by atoms with Gasteiger partial charge in [-0.3, -0.25) is 9.97 Å². The van der Waals surface area contributed by atoms with E-state index in [0.717, 1.165) is 88.6 Å². The third-order valence-corrected chi connectivity index (χ3v) is 14.5. The third-order valence-electron chi connectivity index (χ3n) is 14.5. The van der Waals surface area contributed by atoms with Crippen molar-refractivity contribution in [1.82, 2.24) is 19.9 Å². The van der Waals surface area contributed by atoms with Crippen LogP contribution in [0.2, 0.25) is 0 Å². The van der Waals surface area contributed by atoms with E-state index in [-0.39, 0.29) is 0 Å². The molecule has 0 bridgehead atoms. The van der Waals surface area contributed by atoms with Gasteiger partial charge in [-0.05, 0) is 143 Å². The molecule has 326 valence electrons. The number of benzene rings is 8. The highest BCUT2D eigenvalue weighted by Crippen LogP contribution is 2.58. The van der Waals surface area contributed by atoms with Crippen molar-refractivity contribution >= 4 is 43.6 Å². The van der Waals surface area contributed by atoms with E-state index >= 15 is 0 Å². The number of aromatic nitrogens is 4. The minimum atomic E-state index is -0.759. The number of hydrogen-bond donors (Lipinski definition) is 0. The van der Waals surface area contributed by atoms with Crippen molar-refractivity contribution in [2.24, 2.45) is 0 Å². The Morgan fingerprint density at radius 3 is 1.17 bits per heavy atom. The maximum absolute atomic E-state index is 5.45. The van der Waals surface area contributed by atoms with Gasteiger partial charge in [0.2, 0.25) is 0 Å². The van der Waals surface area contributed by atoms with E-state index < -0.39 is 5.41 Å². The molecule has 0 atom stereocenters. The van der Waals surface area contributed by atoms with Crippen LogP contribution in [0.5, 0.6) is 0 Å². The van der Waals surface area contributed by atoms with E-state index in [2.05, 4.69) is 234 Å². The van der Waals surface area contributed by atoms with E-state index in [1.54, 1.807) is 0 Å². The number of hydrogen-bond acceptors (Lipinski definition) is 4. The summed E-state index contributed by atoms with van der Waals surface area (Å²) in [5, 5.41) is 4.40. The van der Waals surface area contributed by atoms with Crippen LogP contribution in [0, 0.1) is 27.7 Å². The van der Waals surface area contributed by atoms with Crippen LogP contribution in [-0.4, -0.2) is 19.9 Å². The second-order valence-electron chi connectivity index (χ2n) is 18.8. The first-order chi connectivity index (χ1) is 33.8. The van der Waals surface area contributed by atoms with Gasteiger partial charge in [-0.1, -0.05) is 158 Å². The molecule has 0 saturated carbocycles. The van der Waals surface area contributed by atoms with Crippen molar-refractivity contribution in [3.8, 4) is 55.9 Å². The summed E-state index contributed by atoms with van der Waals surface area (Å²) in [6.45, 7) is 8.44. The molecule has 69 heavy (non-hydrogen) atoms. The van der Waals surface area contributed by atoms with Crippen molar-refractivity contribution in [3.05, 3.63) is 251 Å². The van der Waals surface area contributed by atoms with Crippen LogP contribution in [0.15, 0.2) is 206 Å². The average Bonchev–Trinajstić information content (AvgIpc) is 3.68. The molecule has 4 heterocycles. The molecular formula is C65H46N4. The Hall–Kier alpha value is -8.60. The second-order valence-corrected chi connectivity index (χ2v) is 18.8. The van der Waals surface area contributed by atoms with Crippen molar-refractivity contribution < 1.29 is 0 Å². The highest BCUT2D eigenvalue weighted by atomic mass is 14.8. The van der Waals surface area contributed by atoms with Crippen molar-refractivity contribution in [2.45, 2.75) is 33.1 Å². The molecule has 4 heteroatoms. The van der Waals surface area contributed by atoms with Crippen LogP contribution in [0.3, 0.4) is 0 Å². The molecule has 0 unspecified atom stereocenters. The molecule has 4 nitrogen and oxygen atoms in total. The quantitative estimate of drug-likeness (QED) is 0.156. The van der Waals surface area contributed by atoms with E-state index in [9.17, 15) is 0 Å². The average molecular weight is 883 g/mol. The first-order valence-electron chi connectivity index (χ1n) is 23.8. The van der Waals surface area contributed by atoms with Gasteiger partial charge in [0, 0.05) is 44.1 Å². The normalized spacial score (nSPS) is 12.8. The summed E-state index contributed by atoms with van der Waals surface area (Å²) in [7, 11) is 0. The lowest BCUT2D eigenvalue weighted by Gasteiger charge is -2.35. The predicted octanol–water partition coefficient (Wildman–Crippen LogP) is 16.1. The summed E-state index contributed by atoms with van der Waals surface area (Å²) in [4.78, 5) is 21.0. The highest BCUT2D eigenvalue weighted by Gasteiger charge is 2.47. The Morgan fingerprint density at radius 1 is 0.304 bits per heavy atom. The number of pyridine rings is 4. The van der Waals surface area contributed by atoms with Gasteiger partial charge in [-0.15, -0.1) is 0 Å². The lowest BCUT2D eigenvalue weighted by atomic mass is 9.66. The maximum atomic E-state index is 5.45. The number of aryl methyl sites for hydroxylation is 4. The molecule has 0 N–H and O–H groups in total. The largest absolute Gasteiger partial charge is 0.251 e. The molecule has 0 radical (unpaired) electrons. The Balaban J connectivity index is 1.09. The van der Waals surface area contributed by atoms with Gasteiger partial charge in [-0.25, -0.2) is 9.97 Å². The lowest BCUT2D eigenvalue weighted by molar-refractivity contribution is 0.769. The SMILES string of the molecule is Cc1cc(C)c2ccc3ccc(-c4cccc(C5(c6cccc(-c7ccc8ccc9c(C)cc(C)nc9c8n7)c6)c6cc(-c7ccccc7)ccc6-c6ccc(-c7ccccc7)cc65)c4)nc3c2n1. The van der Waals surface area contributed by atoms with Gasteiger partial charge in [0.25, 0.3) is 0 Å². The first kappa shape index (κ1) is 40.7. The number of nitrogens with zero attached hydrogens (tertiary/aromatic N) is 4. The molecule has 1 aliphatic rings. The van der Waals surface area contributed by atoms with Crippen LogP contribution in [-0.2, 0) is 5.41 Å². The summed E-state index contributed by atoms with van der Waals surface area (Å²) in [6, 6.07) is 75.6. The summed E-state index contributed by atoms with van der Waals surface area (Å²) < 4.78 is 0. The minimum absolute atomic E-state index is 0.759. The Bertz CT molecular complexity index is 3800. The van der Waals surface area contributed by atoms with Crippen LogP contribution in [0.4, 0.5) is 0 Å². The molecule has 13 rings (SSSR count). The van der Waals surface area contributed by atoms with E-state index in [0.29, 0.717) is 0 Å². The molecule has 12 aromatic rings. The molecule has 1 aliphatic carbocycles. The number of fused-ring (bicyclic) bond motifs is 9. The Labute approximate surface area is 401 Å². The summed E-state index contributed by atoms with van der Waals surface area (Å²) in [5.41, 5.74) is 23.2. The standard InChI is InChI=1S/C65H46N4/c1-39-33-41(3)66-63-53(39)27-21-45-25-31-59(68-61(45)63)49-17-11-19-51(35-49)65(52-20-12-18-50(36-52)60-32-26-46-22-28-54-40(2)34-42(4)67-64(54)62(46)69-60)57-37-47(43-13-7-5-8-14-43)23-29-55(57)56-30-24-48(38-58(56)65)44-15-9-6-10-16-44/h5-38H,1-4H3. The molecule has 0 saturated heterocycles. The van der Waals surface area contributed by atoms with Crippen LogP contribution < -0.4 is 0 Å². The minimum Gasteiger partial charge on any atom is -0.251 e. The summed E-state index contributed by atoms with van der Waals surface area (Å²) >= 11 is 0. The zero-order chi connectivity index (χ0) is 46.4. The highest BCUT2D eigenvalue weighted by molar-refractivity contribution is 6.06. The molecular weight excluding hydrogens is 837 g/mol. The van der Waals surface area contributed by atoms with Gasteiger partial charge in [-0.2, -0.15) is 0 Å². The smallest absolute Gasteiger partial charge is 0.0972 e. The second kappa shape index (κ2) is 15.8. The molecule has 4 aromatic heterocycles. The maximum Gasteiger partial charge on any atom is 0.0972 e.